The van der Waals surface area contributed by atoms with Crippen LogP contribution in [0.25, 0.3) is 0 Å². The van der Waals surface area contributed by atoms with Crippen molar-refractivity contribution < 1.29 is 8.78 Å². The van der Waals surface area contributed by atoms with Gasteiger partial charge in [0.25, 0.3) is 0 Å². The number of nitrogen functional groups attached to an aromatic ring is 1. The highest BCUT2D eigenvalue weighted by Crippen LogP contribution is 2.30. The minimum atomic E-state index is -0.918. The lowest BCUT2D eigenvalue weighted by molar-refractivity contribution is 0.583. The largest absolute Gasteiger partial charge is 0.397 e. The fraction of sp³-hybridized carbons (Fsp3) is 0.250. The molecule has 1 aromatic carbocycles. The van der Waals surface area contributed by atoms with Crippen molar-refractivity contribution in [1.29, 1.82) is 5.41 Å². The molecule has 18 heavy (non-hydrogen) atoms. The maximum Gasteiger partial charge on any atom is 0.146 e. The van der Waals surface area contributed by atoms with Crippen molar-refractivity contribution in [3.63, 3.8) is 0 Å². The van der Waals surface area contributed by atoms with E-state index in [-0.39, 0.29) is 22.0 Å². The van der Waals surface area contributed by atoms with Crippen LogP contribution in [-0.4, -0.2) is 18.8 Å². The van der Waals surface area contributed by atoms with Crippen molar-refractivity contribution in [1.82, 2.24) is 5.32 Å². The first-order chi connectivity index (χ1) is 8.52. The molecule has 96 valence electrons. The molecule has 0 bridgehead atoms. The van der Waals surface area contributed by atoms with Crippen LogP contribution in [0, 0.1) is 17.0 Å². The molecule has 0 atom stereocenters. The Hall–Kier alpha value is -1.46. The maximum atomic E-state index is 13.7. The lowest BCUT2D eigenvalue weighted by Crippen LogP contribution is -2.27. The van der Waals surface area contributed by atoms with Gasteiger partial charge in [0.2, 0.25) is 0 Å². The number of halogens is 3. The molecule has 0 saturated heterocycles. The summed E-state index contributed by atoms with van der Waals surface area (Å²) in [5, 5.41) is 10.7. The van der Waals surface area contributed by atoms with Gasteiger partial charge in [-0.25, -0.2) is 8.78 Å². The Morgan fingerprint density at radius 2 is 2.11 bits per heavy atom. The molecule has 4 N–H and O–H groups in total. The van der Waals surface area contributed by atoms with E-state index in [0.29, 0.717) is 18.2 Å². The van der Waals surface area contributed by atoms with Crippen LogP contribution in [0.1, 0.15) is 12.0 Å². The van der Waals surface area contributed by atoms with Crippen LogP contribution in [0.2, 0.25) is 5.02 Å². The molecule has 1 aliphatic rings. The van der Waals surface area contributed by atoms with Gasteiger partial charge in [0, 0.05) is 12.6 Å². The highest BCUT2D eigenvalue weighted by molar-refractivity contribution is 6.34. The summed E-state index contributed by atoms with van der Waals surface area (Å²) in [6, 6.07) is 0.652. The van der Waals surface area contributed by atoms with Crippen LogP contribution in [-0.2, 0) is 0 Å². The first-order valence-corrected chi connectivity index (χ1v) is 5.82. The number of rotatable bonds is 2. The Morgan fingerprint density at radius 1 is 1.39 bits per heavy atom. The first-order valence-electron chi connectivity index (χ1n) is 5.44. The van der Waals surface area contributed by atoms with Gasteiger partial charge < -0.3 is 11.1 Å². The normalized spacial score (nSPS) is 15.4. The van der Waals surface area contributed by atoms with E-state index in [0.717, 1.165) is 13.0 Å². The number of hydrogen-bond acceptors (Lipinski definition) is 3. The van der Waals surface area contributed by atoms with Gasteiger partial charge in [-0.2, -0.15) is 0 Å². The number of hydrogen-bond donors (Lipinski definition) is 3. The van der Waals surface area contributed by atoms with Gasteiger partial charge in [-0.3, -0.25) is 5.41 Å². The molecule has 0 unspecified atom stereocenters. The molecular formula is C12H12ClF2N3. The topological polar surface area (TPSA) is 61.9 Å². The highest BCUT2D eigenvalue weighted by Gasteiger charge is 2.21. The average molecular weight is 272 g/mol. The lowest BCUT2D eigenvalue weighted by atomic mass is 9.97. The standard InChI is InChI=1S/C12H12ClF2N3/c13-10-8(15)4-7(14)9(12(10)17)11(16)6-2-1-3-18-5-6/h2,4,16,18H,1,3,5,17H2. The molecule has 1 aromatic rings. The molecular weight excluding hydrogens is 260 g/mol. The van der Waals surface area contributed by atoms with Crippen molar-refractivity contribution in [2.45, 2.75) is 6.42 Å². The summed E-state index contributed by atoms with van der Waals surface area (Å²) in [5.41, 5.74) is 5.80. The molecule has 0 fully saturated rings. The average Bonchev–Trinajstić information content (AvgIpc) is 2.37. The van der Waals surface area contributed by atoms with Crippen molar-refractivity contribution >= 4 is 23.0 Å². The third-order valence-corrected chi connectivity index (χ3v) is 3.19. The first kappa shape index (κ1) is 13.0. The molecule has 1 heterocycles. The van der Waals surface area contributed by atoms with E-state index in [4.69, 9.17) is 22.7 Å². The molecule has 0 spiro atoms. The molecule has 0 saturated carbocycles. The Morgan fingerprint density at radius 3 is 2.72 bits per heavy atom. The van der Waals surface area contributed by atoms with Gasteiger partial charge in [0.05, 0.1) is 17.0 Å². The summed E-state index contributed by atoms with van der Waals surface area (Å²) in [4.78, 5) is 0. The third kappa shape index (κ3) is 2.23. The highest BCUT2D eigenvalue weighted by atomic mass is 35.5. The second-order valence-corrected chi connectivity index (χ2v) is 4.39. The van der Waals surface area contributed by atoms with E-state index in [1.807, 2.05) is 6.08 Å². The summed E-state index contributed by atoms with van der Waals surface area (Å²) in [5.74, 6) is -1.79. The quantitative estimate of drug-likeness (QED) is 0.440. The molecule has 0 aromatic heterocycles. The third-order valence-electron chi connectivity index (χ3n) is 2.81. The van der Waals surface area contributed by atoms with E-state index in [1.54, 1.807) is 0 Å². The van der Waals surface area contributed by atoms with Crippen molar-refractivity contribution in [3.05, 3.63) is 39.9 Å². The predicted octanol–water partition coefficient (Wildman–Crippen LogP) is 2.49. The molecule has 0 amide bonds. The zero-order valence-corrected chi connectivity index (χ0v) is 10.2. The molecule has 0 radical (unpaired) electrons. The minimum Gasteiger partial charge on any atom is -0.397 e. The van der Waals surface area contributed by atoms with Crippen molar-refractivity contribution in [2.75, 3.05) is 18.8 Å². The van der Waals surface area contributed by atoms with E-state index in [2.05, 4.69) is 5.32 Å². The molecule has 0 aliphatic carbocycles. The predicted molar refractivity (Wildman–Crippen MR) is 68.2 cm³/mol. The molecule has 2 rings (SSSR count). The maximum absolute atomic E-state index is 13.7. The van der Waals surface area contributed by atoms with Crippen LogP contribution in [0.15, 0.2) is 17.7 Å². The van der Waals surface area contributed by atoms with E-state index < -0.39 is 11.6 Å². The minimum absolute atomic E-state index is 0.0564. The fourth-order valence-corrected chi connectivity index (χ4v) is 2.01. The molecule has 3 nitrogen and oxygen atoms in total. The number of benzene rings is 1. The van der Waals surface area contributed by atoms with Crippen LogP contribution >= 0.6 is 11.6 Å². The Labute approximate surface area is 108 Å². The monoisotopic (exact) mass is 271 g/mol. The number of anilines is 1. The van der Waals surface area contributed by atoms with Crippen LogP contribution in [0.4, 0.5) is 14.5 Å². The van der Waals surface area contributed by atoms with E-state index >= 15 is 0 Å². The van der Waals surface area contributed by atoms with E-state index in [9.17, 15) is 8.78 Å². The Bertz CT molecular complexity index is 541. The SMILES string of the molecule is N=C(C1=CCCNC1)c1c(F)cc(F)c(Cl)c1N. The van der Waals surface area contributed by atoms with Gasteiger partial charge in [-0.05, 0) is 18.5 Å². The summed E-state index contributed by atoms with van der Waals surface area (Å²) in [6.45, 7) is 1.28. The zero-order chi connectivity index (χ0) is 13.3. The van der Waals surface area contributed by atoms with Crippen molar-refractivity contribution in [2.24, 2.45) is 0 Å². The van der Waals surface area contributed by atoms with Crippen molar-refractivity contribution in [3.8, 4) is 0 Å². The van der Waals surface area contributed by atoms with Gasteiger partial charge >= 0.3 is 0 Å². The van der Waals surface area contributed by atoms with Gasteiger partial charge in [-0.15, -0.1) is 0 Å². The molecule has 1 aliphatic heterocycles. The zero-order valence-electron chi connectivity index (χ0n) is 9.49. The summed E-state index contributed by atoms with van der Waals surface area (Å²) >= 11 is 5.64. The van der Waals surface area contributed by atoms with Gasteiger partial charge in [-0.1, -0.05) is 17.7 Å². The van der Waals surface area contributed by atoms with Crippen LogP contribution < -0.4 is 11.1 Å². The van der Waals surface area contributed by atoms with Crippen LogP contribution in [0.5, 0.6) is 0 Å². The fourth-order valence-electron chi connectivity index (χ4n) is 1.86. The second kappa shape index (κ2) is 5.04. The summed E-state index contributed by atoms with van der Waals surface area (Å²) < 4.78 is 26.9. The smallest absolute Gasteiger partial charge is 0.146 e. The molecule has 6 heteroatoms. The number of nitrogens with one attached hydrogen (secondary N) is 2. The second-order valence-electron chi connectivity index (χ2n) is 4.01. The lowest BCUT2D eigenvalue weighted by Gasteiger charge is -2.17. The summed E-state index contributed by atoms with van der Waals surface area (Å²) in [7, 11) is 0. The van der Waals surface area contributed by atoms with Gasteiger partial charge in [0.15, 0.2) is 0 Å². The summed E-state index contributed by atoms with van der Waals surface area (Å²) in [6.07, 6.45) is 2.60. The van der Waals surface area contributed by atoms with Gasteiger partial charge in [0.1, 0.15) is 16.7 Å². The Kier molecular flexibility index (Phi) is 3.63. The number of nitrogens with two attached hydrogens (primary N) is 1. The van der Waals surface area contributed by atoms with Crippen LogP contribution in [0.3, 0.4) is 0 Å². The Balaban J connectivity index is 2.48. The van der Waals surface area contributed by atoms with E-state index in [1.165, 1.54) is 0 Å².